The highest BCUT2D eigenvalue weighted by molar-refractivity contribution is 5.85. The lowest BCUT2D eigenvalue weighted by Crippen LogP contribution is -2.47. The molecule has 1 aliphatic carbocycles. The number of aryl methyl sites for hydroxylation is 1. The zero-order valence-corrected chi connectivity index (χ0v) is 16.0. The first-order chi connectivity index (χ1) is 13.0. The molecule has 27 heavy (non-hydrogen) atoms. The van der Waals surface area contributed by atoms with Gasteiger partial charge in [0.05, 0.1) is 18.1 Å². The monoisotopic (exact) mass is 368 g/mol. The van der Waals surface area contributed by atoms with Crippen molar-refractivity contribution in [3.8, 4) is 0 Å². The fraction of sp³-hybridized carbons (Fsp3) is 0.667. The molecule has 0 radical (unpaired) electrons. The summed E-state index contributed by atoms with van der Waals surface area (Å²) in [5.41, 5.74) is 1.18. The van der Waals surface area contributed by atoms with Crippen LogP contribution in [-0.2, 0) is 4.79 Å². The molecular formula is C21H28N4O2. The second-order valence-electron chi connectivity index (χ2n) is 8.36. The maximum atomic E-state index is 13.2. The predicted octanol–water partition coefficient (Wildman–Crippen LogP) is 3.06. The van der Waals surface area contributed by atoms with Gasteiger partial charge in [-0.05, 0) is 57.9 Å². The molecule has 0 bridgehead atoms. The van der Waals surface area contributed by atoms with E-state index in [1.807, 2.05) is 19.1 Å². The van der Waals surface area contributed by atoms with Crippen molar-refractivity contribution in [1.29, 1.82) is 0 Å². The molecule has 1 spiro atoms. The largest absolute Gasteiger partial charge is 0.393 e. The topological polar surface area (TPSA) is 61.0 Å². The summed E-state index contributed by atoms with van der Waals surface area (Å²) in [5.74, 6) is 1.26. The fourth-order valence-electron chi connectivity index (χ4n) is 5.03. The first-order valence-electron chi connectivity index (χ1n) is 10.1. The van der Waals surface area contributed by atoms with Crippen molar-refractivity contribution in [2.75, 3.05) is 24.5 Å². The summed E-state index contributed by atoms with van der Waals surface area (Å²) in [6.07, 6.45) is 6.05. The van der Waals surface area contributed by atoms with Crippen molar-refractivity contribution in [3.63, 3.8) is 0 Å². The van der Waals surface area contributed by atoms with Gasteiger partial charge in [0, 0.05) is 31.4 Å². The molecule has 0 atom stereocenters. The van der Waals surface area contributed by atoms with Gasteiger partial charge in [-0.25, -0.2) is 9.83 Å². The number of amides is 1. The standard InChI is InChI=1S/C21H28N4O2/c1-15-18(22-2)7-8-19(23-15)24-12-9-21(10-13-24)11-14-25(20(21)27)16-3-5-17(26)6-4-16/h7-8,16-17,26H,3-6,9-14H2,1H3. The van der Waals surface area contributed by atoms with E-state index in [-0.39, 0.29) is 11.5 Å². The van der Waals surface area contributed by atoms with Crippen LogP contribution in [0.15, 0.2) is 12.1 Å². The number of piperidine rings is 1. The van der Waals surface area contributed by atoms with Gasteiger partial charge in [-0.3, -0.25) is 4.79 Å². The third-order valence-corrected chi connectivity index (χ3v) is 6.86. The van der Waals surface area contributed by atoms with Crippen molar-refractivity contribution < 1.29 is 9.90 Å². The van der Waals surface area contributed by atoms with E-state index in [1.165, 1.54) is 0 Å². The number of rotatable bonds is 2. The van der Waals surface area contributed by atoms with E-state index in [0.29, 0.717) is 17.6 Å². The zero-order chi connectivity index (χ0) is 19.0. The highest BCUT2D eigenvalue weighted by Gasteiger charge is 2.50. The fourth-order valence-corrected chi connectivity index (χ4v) is 5.03. The number of likely N-dealkylation sites (tertiary alicyclic amines) is 1. The molecule has 1 amide bonds. The van der Waals surface area contributed by atoms with E-state index >= 15 is 0 Å². The molecular weight excluding hydrogens is 340 g/mol. The molecule has 144 valence electrons. The van der Waals surface area contributed by atoms with Crippen LogP contribution in [0.2, 0.25) is 0 Å². The number of carbonyl (C=O) groups excluding carboxylic acids is 1. The van der Waals surface area contributed by atoms with Gasteiger partial charge in [-0.1, -0.05) is 6.07 Å². The van der Waals surface area contributed by atoms with Crippen LogP contribution in [-0.4, -0.2) is 52.7 Å². The highest BCUT2D eigenvalue weighted by atomic mass is 16.3. The third kappa shape index (κ3) is 3.29. The van der Waals surface area contributed by atoms with Crippen molar-refractivity contribution in [3.05, 3.63) is 29.2 Å². The van der Waals surface area contributed by atoms with E-state index in [9.17, 15) is 9.90 Å². The Morgan fingerprint density at radius 1 is 1.15 bits per heavy atom. The summed E-state index contributed by atoms with van der Waals surface area (Å²) in [6.45, 7) is 11.6. The number of pyridine rings is 1. The Morgan fingerprint density at radius 2 is 1.81 bits per heavy atom. The summed E-state index contributed by atoms with van der Waals surface area (Å²) in [5, 5.41) is 9.74. The summed E-state index contributed by atoms with van der Waals surface area (Å²) < 4.78 is 0. The number of hydrogen-bond donors (Lipinski definition) is 1. The smallest absolute Gasteiger partial charge is 0.229 e. The molecule has 3 aliphatic rings. The minimum Gasteiger partial charge on any atom is -0.393 e. The van der Waals surface area contributed by atoms with Crippen molar-refractivity contribution in [2.24, 2.45) is 5.41 Å². The average Bonchev–Trinajstić information content (AvgIpc) is 2.99. The van der Waals surface area contributed by atoms with E-state index in [2.05, 4.69) is 19.6 Å². The number of carbonyl (C=O) groups is 1. The SMILES string of the molecule is [C-]#[N+]c1ccc(N2CCC3(CC2)CCN(C2CCC(O)CC2)C3=O)nc1C. The minimum absolute atomic E-state index is 0.179. The molecule has 0 aromatic carbocycles. The van der Waals surface area contributed by atoms with E-state index in [0.717, 1.165) is 76.1 Å². The van der Waals surface area contributed by atoms with E-state index in [4.69, 9.17) is 6.57 Å². The van der Waals surface area contributed by atoms with Gasteiger partial charge in [0.25, 0.3) is 0 Å². The maximum Gasteiger partial charge on any atom is 0.229 e. The van der Waals surface area contributed by atoms with Gasteiger partial charge in [0.15, 0.2) is 0 Å². The first kappa shape index (κ1) is 18.2. The van der Waals surface area contributed by atoms with Crippen LogP contribution in [0.5, 0.6) is 0 Å². The Bertz CT molecular complexity index is 756. The van der Waals surface area contributed by atoms with E-state index in [1.54, 1.807) is 0 Å². The number of aliphatic hydroxyl groups excluding tert-OH is 1. The van der Waals surface area contributed by atoms with Gasteiger partial charge in [0.1, 0.15) is 5.82 Å². The van der Waals surface area contributed by atoms with Crippen molar-refractivity contribution >= 4 is 17.4 Å². The highest BCUT2D eigenvalue weighted by Crippen LogP contribution is 2.44. The quantitative estimate of drug-likeness (QED) is 0.815. The Morgan fingerprint density at radius 3 is 2.44 bits per heavy atom. The summed E-state index contributed by atoms with van der Waals surface area (Å²) in [6, 6.07) is 4.09. The zero-order valence-electron chi connectivity index (χ0n) is 16.0. The molecule has 0 unspecified atom stereocenters. The normalized spacial score (nSPS) is 27.8. The lowest BCUT2D eigenvalue weighted by Gasteiger charge is -2.40. The Balaban J connectivity index is 1.40. The number of anilines is 1. The number of aliphatic hydroxyl groups is 1. The van der Waals surface area contributed by atoms with Gasteiger partial charge in [0.2, 0.25) is 11.6 Å². The van der Waals surface area contributed by atoms with Gasteiger partial charge in [-0.15, -0.1) is 0 Å². The van der Waals surface area contributed by atoms with Crippen LogP contribution in [0.25, 0.3) is 4.85 Å². The Labute approximate surface area is 161 Å². The molecule has 4 rings (SSSR count). The first-order valence-corrected chi connectivity index (χ1v) is 10.1. The van der Waals surface area contributed by atoms with Gasteiger partial charge >= 0.3 is 0 Å². The molecule has 1 saturated carbocycles. The molecule has 1 aromatic heterocycles. The van der Waals surface area contributed by atoms with Crippen LogP contribution in [0, 0.1) is 18.9 Å². The Kier molecular flexibility index (Phi) is 4.81. The average molecular weight is 368 g/mol. The summed E-state index contributed by atoms with van der Waals surface area (Å²) in [4.78, 5) is 25.7. The lowest BCUT2D eigenvalue weighted by atomic mass is 9.77. The summed E-state index contributed by atoms with van der Waals surface area (Å²) in [7, 11) is 0. The maximum absolute atomic E-state index is 13.2. The molecule has 2 aliphatic heterocycles. The Hall–Kier alpha value is -2.13. The third-order valence-electron chi connectivity index (χ3n) is 6.86. The second kappa shape index (κ2) is 7.12. The summed E-state index contributed by atoms with van der Waals surface area (Å²) >= 11 is 0. The molecule has 1 N–H and O–H groups in total. The molecule has 6 heteroatoms. The van der Waals surface area contributed by atoms with Crippen LogP contribution in [0.4, 0.5) is 11.5 Å². The molecule has 1 aromatic rings. The van der Waals surface area contributed by atoms with Crippen LogP contribution < -0.4 is 4.90 Å². The number of hydrogen-bond acceptors (Lipinski definition) is 4. The predicted molar refractivity (Wildman–Crippen MR) is 104 cm³/mol. The molecule has 3 heterocycles. The van der Waals surface area contributed by atoms with Gasteiger partial charge < -0.3 is 14.9 Å². The lowest BCUT2D eigenvalue weighted by molar-refractivity contribution is -0.139. The van der Waals surface area contributed by atoms with E-state index < -0.39 is 0 Å². The van der Waals surface area contributed by atoms with Crippen LogP contribution >= 0.6 is 0 Å². The minimum atomic E-state index is -0.196. The molecule has 2 saturated heterocycles. The van der Waals surface area contributed by atoms with Crippen molar-refractivity contribution in [2.45, 2.75) is 64.0 Å². The number of nitrogens with zero attached hydrogens (tertiary/aromatic N) is 4. The van der Waals surface area contributed by atoms with Crippen molar-refractivity contribution in [1.82, 2.24) is 9.88 Å². The van der Waals surface area contributed by atoms with Crippen LogP contribution in [0.1, 0.15) is 50.6 Å². The second-order valence-corrected chi connectivity index (χ2v) is 8.36. The molecule has 6 nitrogen and oxygen atoms in total. The number of aromatic nitrogens is 1. The van der Waals surface area contributed by atoms with Gasteiger partial charge in [-0.2, -0.15) is 0 Å². The molecule has 3 fully saturated rings. The van der Waals surface area contributed by atoms with Crippen LogP contribution in [0.3, 0.4) is 0 Å².